The smallest absolute Gasteiger partial charge is 0.248 e. The van der Waals surface area contributed by atoms with Crippen LogP contribution in [0.2, 0.25) is 0 Å². The summed E-state index contributed by atoms with van der Waals surface area (Å²) < 4.78 is 11.0. The topological polar surface area (TPSA) is 76.7 Å². The molecule has 4 aromatic rings. The van der Waals surface area contributed by atoms with Crippen molar-refractivity contribution in [3.63, 3.8) is 0 Å². The van der Waals surface area contributed by atoms with E-state index < -0.39 is 0 Å². The molecule has 0 atom stereocenters. The Morgan fingerprint density at radius 3 is 1.50 bits per heavy atom. The van der Waals surface area contributed by atoms with Gasteiger partial charge in [0.1, 0.15) is 11.5 Å². The van der Waals surface area contributed by atoms with E-state index in [2.05, 4.69) is 10.6 Å². The fraction of sp³-hybridized carbons (Fsp3) is 0.0714. The van der Waals surface area contributed by atoms with E-state index >= 15 is 0 Å². The lowest BCUT2D eigenvalue weighted by Gasteiger charge is -2.14. The molecule has 4 rings (SSSR count). The third kappa shape index (κ3) is 6.50. The average molecular weight is 517 g/mol. The summed E-state index contributed by atoms with van der Waals surface area (Å²) in [6.45, 7) is 0. The number of methoxy groups -OCH3 is 2. The van der Waals surface area contributed by atoms with Gasteiger partial charge in [0.15, 0.2) is 0 Å². The van der Waals surface area contributed by atoms with Crippen LogP contribution in [0.4, 0.5) is 11.4 Å². The van der Waals surface area contributed by atoms with Crippen LogP contribution in [-0.4, -0.2) is 26.0 Å². The SMILES string of the molecule is COc1cc(-c2ccc(NC(=O)/C=C/c3cccs3)c(OC)c2)ccc1NC(=O)/C=C\c1cccs1. The predicted molar refractivity (Wildman–Crippen MR) is 149 cm³/mol. The summed E-state index contributed by atoms with van der Waals surface area (Å²) in [5.74, 6) is 0.564. The highest BCUT2D eigenvalue weighted by molar-refractivity contribution is 7.11. The number of anilines is 2. The molecule has 0 fully saturated rings. The van der Waals surface area contributed by atoms with Gasteiger partial charge in [-0.3, -0.25) is 9.59 Å². The molecule has 2 aromatic heterocycles. The second kappa shape index (κ2) is 12.0. The van der Waals surface area contributed by atoms with Crippen molar-refractivity contribution >= 4 is 58.0 Å². The Morgan fingerprint density at radius 1 is 0.694 bits per heavy atom. The summed E-state index contributed by atoms with van der Waals surface area (Å²) in [6, 6.07) is 18.8. The van der Waals surface area contributed by atoms with Gasteiger partial charge in [-0.15, -0.1) is 22.7 Å². The molecule has 6 nitrogen and oxygen atoms in total. The summed E-state index contributed by atoms with van der Waals surface area (Å²) in [5, 5.41) is 9.62. The monoisotopic (exact) mass is 516 g/mol. The Balaban J connectivity index is 1.48. The number of carbonyl (C=O) groups is 2. The maximum absolute atomic E-state index is 12.3. The first-order chi connectivity index (χ1) is 17.6. The quantitative estimate of drug-likeness (QED) is 0.240. The first-order valence-electron chi connectivity index (χ1n) is 11.0. The van der Waals surface area contributed by atoms with Crippen molar-refractivity contribution < 1.29 is 19.1 Å². The van der Waals surface area contributed by atoms with Gasteiger partial charge in [-0.25, -0.2) is 0 Å². The molecule has 0 unspecified atom stereocenters. The van der Waals surface area contributed by atoms with Gasteiger partial charge in [0, 0.05) is 21.9 Å². The number of hydrogen-bond donors (Lipinski definition) is 2. The number of amides is 2. The number of ether oxygens (including phenoxy) is 2. The molecule has 8 heteroatoms. The average Bonchev–Trinajstić information content (AvgIpc) is 3.61. The molecule has 0 saturated heterocycles. The maximum Gasteiger partial charge on any atom is 0.248 e. The van der Waals surface area contributed by atoms with Crippen molar-refractivity contribution in [2.45, 2.75) is 0 Å². The van der Waals surface area contributed by atoms with Crippen molar-refractivity contribution in [1.82, 2.24) is 0 Å². The van der Waals surface area contributed by atoms with E-state index in [9.17, 15) is 9.59 Å². The third-order valence-electron chi connectivity index (χ3n) is 5.14. The third-order valence-corrected chi connectivity index (χ3v) is 6.81. The first-order valence-corrected chi connectivity index (χ1v) is 12.7. The Labute approximate surface area is 217 Å². The molecule has 0 aliphatic carbocycles. The van der Waals surface area contributed by atoms with Crippen molar-refractivity contribution in [3.05, 3.63) is 93.3 Å². The Kier molecular flexibility index (Phi) is 8.33. The lowest BCUT2D eigenvalue weighted by molar-refractivity contribution is -0.112. The van der Waals surface area contributed by atoms with Crippen LogP contribution < -0.4 is 20.1 Å². The summed E-state index contributed by atoms with van der Waals surface area (Å²) in [5.41, 5.74) is 2.87. The molecule has 0 aliphatic heterocycles. The van der Waals surface area contributed by atoms with Crippen LogP contribution in [0, 0.1) is 0 Å². The Morgan fingerprint density at radius 2 is 1.14 bits per heavy atom. The molecule has 2 heterocycles. The molecule has 0 spiro atoms. The molecule has 0 saturated carbocycles. The first kappa shape index (κ1) is 25.0. The normalized spacial score (nSPS) is 11.1. The van der Waals surface area contributed by atoms with Gasteiger partial charge >= 0.3 is 0 Å². The second-order valence-corrected chi connectivity index (χ2v) is 9.46. The zero-order chi connectivity index (χ0) is 25.3. The molecule has 2 aromatic carbocycles. The highest BCUT2D eigenvalue weighted by atomic mass is 32.1. The predicted octanol–water partition coefficient (Wildman–Crippen LogP) is 6.80. The van der Waals surface area contributed by atoms with Gasteiger partial charge in [0.05, 0.1) is 25.6 Å². The molecular weight excluding hydrogens is 492 g/mol. The van der Waals surface area contributed by atoms with Gasteiger partial charge in [-0.2, -0.15) is 0 Å². The Bertz CT molecular complexity index is 1280. The fourth-order valence-corrected chi connectivity index (χ4v) is 4.62. The van der Waals surface area contributed by atoms with Gasteiger partial charge in [-0.1, -0.05) is 24.3 Å². The molecule has 0 radical (unpaired) electrons. The largest absolute Gasteiger partial charge is 0.495 e. The zero-order valence-electron chi connectivity index (χ0n) is 19.7. The minimum atomic E-state index is -0.246. The summed E-state index contributed by atoms with van der Waals surface area (Å²) in [7, 11) is 3.11. The van der Waals surface area contributed by atoms with Gasteiger partial charge in [0.2, 0.25) is 11.8 Å². The summed E-state index contributed by atoms with van der Waals surface area (Å²) in [4.78, 5) is 26.7. The van der Waals surface area contributed by atoms with Crippen LogP contribution in [0.3, 0.4) is 0 Å². The standard InChI is InChI=1S/C28H24N2O4S2/c1-33-25-17-19(7-11-23(25)29-27(31)13-9-21-5-3-15-35-21)20-8-12-24(26(18-20)34-2)30-28(32)14-10-22-6-4-16-36-22/h3-18H,1-2H3,(H,29,31)(H,30,32)/b13-9-,14-10+. The highest BCUT2D eigenvalue weighted by Gasteiger charge is 2.12. The number of nitrogens with one attached hydrogen (secondary N) is 2. The number of benzene rings is 2. The minimum Gasteiger partial charge on any atom is -0.495 e. The molecule has 0 bridgehead atoms. The van der Waals surface area contributed by atoms with E-state index in [1.165, 1.54) is 12.2 Å². The fourth-order valence-electron chi connectivity index (χ4n) is 3.38. The number of rotatable bonds is 9. The van der Waals surface area contributed by atoms with E-state index in [-0.39, 0.29) is 11.8 Å². The van der Waals surface area contributed by atoms with Gasteiger partial charge in [-0.05, 0) is 70.4 Å². The lowest BCUT2D eigenvalue weighted by Crippen LogP contribution is -2.09. The minimum absolute atomic E-state index is 0.246. The van der Waals surface area contributed by atoms with Crippen LogP contribution >= 0.6 is 22.7 Å². The number of hydrogen-bond acceptors (Lipinski definition) is 6. The molecular formula is C28H24N2O4S2. The van der Waals surface area contributed by atoms with Crippen LogP contribution in [0.1, 0.15) is 9.75 Å². The van der Waals surface area contributed by atoms with Crippen LogP contribution in [0.25, 0.3) is 23.3 Å². The van der Waals surface area contributed by atoms with Crippen molar-refractivity contribution in [3.8, 4) is 22.6 Å². The summed E-state index contributed by atoms with van der Waals surface area (Å²) >= 11 is 3.12. The highest BCUT2D eigenvalue weighted by Crippen LogP contribution is 2.35. The lowest BCUT2D eigenvalue weighted by atomic mass is 10.0. The number of thiophene rings is 2. The van der Waals surface area contributed by atoms with E-state index in [0.29, 0.717) is 22.9 Å². The van der Waals surface area contributed by atoms with Crippen molar-refractivity contribution in [2.75, 3.05) is 24.9 Å². The maximum atomic E-state index is 12.3. The van der Waals surface area contributed by atoms with E-state index in [1.54, 1.807) is 61.2 Å². The van der Waals surface area contributed by atoms with Crippen LogP contribution in [-0.2, 0) is 9.59 Å². The van der Waals surface area contributed by atoms with E-state index in [4.69, 9.17) is 9.47 Å². The molecule has 36 heavy (non-hydrogen) atoms. The molecule has 2 amide bonds. The van der Waals surface area contributed by atoms with Gasteiger partial charge in [0.25, 0.3) is 0 Å². The summed E-state index contributed by atoms with van der Waals surface area (Å²) in [6.07, 6.45) is 6.52. The van der Waals surface area contributed by atoms with Crippen LogP contribution in [0.5, 0.6) is 11.5 Å². The molecule has 182 valence electrons. The van der Waals surface area contributed by atoms with Crippen molar-refractivity contribution in [2.24, 2.45) is 0 Å². The zero-order valence-corrected chi connectivity index (χ0v) is 21.3. The van der Waals surface area contributed by atoms with Crippen molar-refractivity contribution in [1.29, 1.82) is 0 Å². The second-order valence-electron chi connectivity index (χ2n) is 7.51. The molecule has 2 N–H and O–H groups in total. The van der Waals surface area contributed by atoms with E-state index in [0.717, 1.165) is 20.9 Å². The van der Waals surface area contributed by atoms with Crippen LogP contribution in [0.15, 0.2) is 83.6 Å². The van der Waals surface area contributed by atoms with Gasteiger partial charge < -0.3 is 20.1 Å². The molecule has 0 aliphatic rings. The van der Waals surface area contributed by atoms with E-state index in [1.807, 2.05) is 59.3 Å². The Hall–Kier alpha value is -4.14. The number of carbonyl (C=O) groups excluding carboxylic acids is 2.